The summed E-state index contributed by atoms with van der Waals surface area (Å²) >= 11 is 0. The zero-order valence-electron chi connectivity index (χ0n) is 18.4. The van der Waals surface area contributed by atoms with Crippen molar-refractivity contribution in [3.63, 3.8) is 0 Å². The first-order valence-electron chi connectivity index (χ1n) is 10.2. The molecule has 12 heteroatoms. The third-order valence-electron chi connectivity index (χ3n) is 5.40. The highest BCUT2D eigenvalue weighted by molar-refractivity contribution is 5.93. The maximum Gasteiger partial charge on any atom is 0.490 e. The summed E-state index contributed by atoms with van der Waals surface area (Å²) in [6, 6.07) is 6.41. The number of carbonyl (C=O) groups excluding carboxylic acids is 2. The Hall–Kier alpha value is -4.24. The maximum absolute atomic E-state index is 12.6. The molecule has 1 aliphatic rings. The summed E-state index contributed by atoms with van der Waals surface area (Å²) in [4.78, 5) is 37.5. The van der Waals surface area contributed by atoms with E-state index in [1.807, 2.05) is 6.92 Å². The van der Waals surface area contributed by atoms with E-state index < -0.39 is 36.3 Å². The number of nitrogens with two attached hydrogens (primary N) is 1. The molecule has 2 aromatic heterocycles. The minimum atomic E-state index is -5.29. The second kappa shape index (κ2) is 8.52. The zero-order valence-corrected chi connectivity index (χ0v) is 18.4. The Labute approximate surface area is 196 Å². The Morgan fingerprint density at radius 1 is 1.31 bits per heavy atom. The van der Waals surface area contributed by atoms with E-state index in [4.69, 9.17) is 5.73 Å². The second-order valence-corrected chi connectivity index (χ2v) is 7.96. The molecule has 3 aromatic rings. The van der Waals surface area contributed by atoms with Gasteiger partial charge in [-0.25, -0.2) is 14.8 Å². The summed E-state index contributed by atoms with van der Waals surface area (Å²) in [6.07, 6.45) is -3.93. The molecule has 1 saturated heterocycles. The van der Waals surface area contributed by atoms with Crippen molar-refractivity contribution in [3.05, 3.63) is 47.8 Å². The molecule has 1 aromatic carbocycles. The van der Waals surface area contributed by atoms with Gasteiger partial charge in [-0.2, -0.15) is 13.2 Å². The molecule has 2 atom stereocenters. The number of aliphatic hydroxyl groups is 1. The topological polar surface area (TPSA) is 132 Å². The van der Waals surface area contributed by atoms with Gasteiger partial charge in [-0.1, -0.05) is 18.1 Å². The van der Waals surface area contributed by atoms with Crippen LogP contribution >= 0.6 is 0 Å². The first-order chi connectivity index (χ1) is 16.4. The van der Waals surface area contributed by atoms with Crippen LogP contribution in [0.25, 0.3) is 22.3 Å². The Morgan fingerprint density at radius 2 is 2.06 bits per heavy atom. The molecule has 180 valence electrons. The predicted molar refractivity (Wildman–Crippen MR) is 117 cm³/mol. The number of hydrogen-bond donors (Lipinski definition) is 2. The van der Waals surface area contributed by atoms with Gasteiger partial charge in [0.1, 0.15) is 5.82 Å². The molecule has 0 bridgehead atoms. The summed E-state index contributed by atoms with van der Waals surface area (Å²) in [5.74, 6) is 1.87. The lowest BCUT2D eigenvalue weighted by Crippen LogP contribution is -2.47. The second-order valence-electron chi connectivity index (χ2n) is 7.96. The number of anilines is 1. The molecule has 1 aliphatic heterocycles. The molecule has 1 unspecified atom stereocenters. The fourth-order valence-electron chi connectivity index (χ4n) is 3.66. The van der Waals surface area contributed by atoms with Crippen LogP contribution in [0.1, 0.15) is 11.1 Å². The monoisotopic (exact) mass is 485 g/mol. The molecule has 1 amide bonds. The lowest BCUT2D eigenvalue weighted by atomic mass is 9.99. The number of benzene rings is 1. The number of amides is 1. The highest BCUT2D eigenvalue weighted by atomic mass is 19.4. The van der Waals surface area contributed by atoms with E-state index in [1.54, 1.807) is 36.7 Å². The molecule has 9 nitrogen and oxygen atoms in total. The number of likely N-dealkylation sites (N-methyl/N-ethyl adjacent to an activating group) is 1. The SMILES string of the molecule is Cc1cncc2nc(-c3cccc(C#C[C@]4(O)C(=O)N(C)CC4OC(=O)C(F)(F)F)c3)nc(N)c12. The van der Waals surface area contributed by atoms with E-state index in [1.165, 1.54) is 7.05 Å². The van der Waals surface area contributed by atoms with Crippen LogP contribution in [-0.2, 0) is 14.3 Å². The lowest BCUT2D eigenvalue weighted by Gasteiger charge is -2.21. The third kappa shape index (κ3) is 4.45. The van der Waals surface area contributed by atoms with Crippen molar-refractivity contribution in [2.45, 2.75) is 24.8 Å². The zero-order chi connectivity index (χ0) is 25.5. The van der Waals surface area contributed by atoms with Crippen molar-refractivity contribution in [2.75, 3.05) is 19.3 Å². The number of aromatic nitrogens is 3. The van der Waals surface area contributed by atoms with Gasteiger partial charge >= 0.3 is 12.1 Å². The van der Waals surface area contributed by atoms with Crippen LogP contribution < -0.4 is 5.73 Å². The Balaban J connectivity index is 1.68. The molecular weight excluding hydrogens is 467 g/mol. The molecule has 4 rings (SSSR count). The number of likely N-dealkylation sites (tertiary alicyclic amines) is 1. The standard InChI is InChI=1S/C23H18F3N5O4/c1-12-9-28-10-15-17(12)18(27)30-19(29-15)14-5-3-4-13(8-14)6-7-22(34)16(11-31(2)20(22)32)35-21(33)23(24,25)26/h3-5,8-10,16,34H,11H2,1-2H3,(H2,27,29,30)/t16?,22-/m1/s1. The number of esters is 1. The smallest absolute Gasteiger partial charge is 0.449 e. The van der Waals surface area contributed by atoms with E-state index >= 15 is 0 Å². The maximum atomic E-state index is 12.6. The molecule has 3 N–H and O–H groups in total. The first-order valence-corrected chi connectivity index (χ1v) is 10.2. The Kier molecular flexibility index (Phi) is 5.82. The third-order valence-corrected chi connectivity index (χ3v) is 5.40. The van der Waals surface area contributed by atoms with Crippen LogP contribution in [0.5, 0.6) is 0 Å². The van der Waals surface area contributed by atoms with E-state index in [0.717, 1.165) is 10.5 Å². The highest BCUT2D eigenvalue weighted by Gasteiger charge is 2.56. The normalized spacial score (nSPS) is 20.0. The molecule has 3 heterocycles. The number of ether oxygens (including phenoxy) is 1. The van der Waals surface area contributed by atoms with Gasteiger partial charge in [0.25, 0.3) is 5.91 Å². The van der Waals surface area contributed by atoms with Crippen molar-refractivity contribution in [2.24, 2.45) is 0 Å². The van der Waals surface area contributed by atoms with Crippen molar-refractivity contribution in [1.29, 1.82) is 0 Å². The van der Waals surface area contributed by atoms with E-state index in [9.17, 15) is 27.9 Å². The van der Waals surface area contributed by atoms with Crippen LogP contribution in [0.15, 0.2) is 36.7 Å². The Bertz CT molecular complexity index is 1420. The summed E-state index contributed by atoms with van der Waals surface area (Å²) in [6.45, 7) is 1.38. The van der Waals surface area contributed by atoms with E-state index in [0.29, 0.717) is 22.0 Å². The number of halogens is 3. The first kappa shape index (κ1) is 23.9. The van der Waals surface area contributed by atoms with Gasteiger partial charge < -0.3 is 20.5 Å². The molecule has 1 fully saturated rings. The van der Waals surface area contributed by atoms with Crippen molar-refractivity contribution >= 4 is 28.6 Å². The van der Waals surface area contributed by atoms with Crippen molar-refractivity contribution in [3.8, 4) is 23.2 Å². The van der Waals surface area contributed by atoms with Crippen molar-refractivity contribution in [1.82, 2.24) is 19.9 Å². The summed E-state index contributed by atoms with van der Waals surface area (Å²) in [5.41, 5.74) is 5.60. The minimum absolute atomic E-state index is 0.254. The predicted octanol–water partition coefficient (Wildman–Crippen LogP) is 1.61. The summed E-state index contributed by atoms with van der Waals surface area (Å²) in [7, 11) is 1.25. The Morgan fingerprint density at radius 3 is 2.77 bits per heavy atom. The van der Waals surface area contributed by atoms with Gasteiger partial charge in [-0.05, 0) is 30.5 Å². The number of alkyl halides is 3. The van der Waals surface area contributed by atoms with E-state index in [-0.39, 0.29) is 11.6 Å². The van der Waals surface area contributed by atoms with Crippen LogP contribution in [-0.4, -0.2) is 68.3 Å². The molecule has 0 aliphatic carbocycles. The average Bonchev–Trinajstić information content (AvgIpc) is 3.01. The van der Waals surface area contributed by atoms with Crippen LogP contribution in [0, 0.1) is 18.8 Å². The van der Waals surface area contributed by atoms with Crippen molar-refractivity contribution < 1.29 is 32.6 Å². The molecule has 0 saturated carbocycles. The molecular formula is C23H18F3N5O4. The van der Waals surface area contributed by atoms with E-state index in [2.05, 4.69) is 31.5 Å². The van der Waals surface area contributed by atoms with Gasteiger partial charge in [0.15, 0.2) is 11.9 Å². The number of nitrogen functional groups attached to an aromatic ring is 1. The van der Waals surface area contributed by atoms with Crippen LogP contribution in [0.4, 0.5) is 19.0 Å². The number of hydrogen-bond acceptors (Lipinski definition) is 8. The van der Waals surface area contributed by atoms with Gasteiger partial charge in [0.05, 0.1) is 18.3 Å². The van der Waals surface area contributed by atoms with Gasteiger partial charge in [-0.3, -0.25) is 9.78 Å². The van der Waals surface area contributed by atoms with Crippen LogP contribution in [0.3, 0.4) is 0 Å². The quantitative estimate of drug-likeness (QED) is 0.414. The number of carbonyl (C=O) groups is 2. The lowest BCUT2D eigenvalue weighted by molar-refractivity contribution is -0.209. The number of nitrogens with zero attached hydrogens (tertiary/aromatic N) is 4. The fraction of sp³-hybridized carbons (Fsp3) is 0.261. The summed E-state index contributed by atoms with van der Waals surface area (Å²) < 4.78 is 42.3. The minimum Gasteiger partial charge on any atom is -0.449 e. The molecule has 35 heavy (non-hydrogen) atoms. The fourth-order valence-corrected chi connectivity index (χ4v) is 3.66. The molecule has 0 radical (unpaired) electrons. The van der Waals surface area contributed by atoms with Gasteiger partial charge in [-0.15, -0.1) is 0 Å². The average molecular weight is 485 g/mol. The highest BCUT2D eigenvalue weighted by Crippen LogP contribution is 2.29. The number of fused-ring (bicyclic) bond motifs is 1. The summed E-state index contributed by atoms with van der Waals surface area (Å²) in [5, 5.41) is 11.4. The molecule has 0 spiro atoms. The number of aryl methyl sites for hydroxylation is 1. The largest absolute Gasteiger partial charge is 0.490 e. The number of pyridine rings is 1. The van der Waals surface area contributed by atoms with Gasteiger partial charge in [0, 0.05) is 29.8 Å². The number of rotatable bonds is 2. The van der Waals surface area contributed by atoms with Gasteiger partial charge in [0.2, 0.25) is 5.60 Å². The van der Waals surface area contributed by atoms with Crippen LogP contribution in [0.2, 0.25) is 0 Å².